The molecule has 1 unspecified atom stereocenters. The molecule has 1 N–H and O–H groups in total. The fraction of sp³-hybridized carbons (Fsp3) is 0.500. The quantitative estimate of drug-likeness (QED) is 0.822. The van der Waals surface area contributed by atoms with E-state index >= 15 is 0 Å². The number of amides is 1. The number of nitrogens with one attached hydrogen (secondary N) is 1. The van der Waals surface area contributed by atoms with Crippen LogP contribution in [0.15, 0.2) is 42.6 Å². The standard InChI is InChI=1S/C24H32N4O2/c1-18-9-10-23(25-16-18)27-14-11-19(12-15-27)24(29)26-20-6-5-13-28(17-20)21-7-3-4-8-22(21)30-2/h3-4,7-10,16,19-20H,5-6,11-15,17H2,1-2H3,(H,26,29). The van der Waals surface area contributed by atoms with Crippen LogP contribution in [0.5, 0.6) is 5.75 Å². The Morgan fingerprint density at radius 2 is 1.87 bits per heavy atom. The number of aryl methyl sites for hydroxylation is 1. The van der Waals surface area contributed by atoms with Crippen molar-refractivity contribution in [3.63, 3.8) is 0 Å². The van der Waals surface area contributed by atoms with Gasteiger partial charge < -0.3 is 19.9 Å². The summed E-state index contributed by atoms with van der Waals surface area (Å²) in [7, 11) is 1.71. The van der Waals surface area contributed by atoms with Gasteiger partial charge in [0.2, 0.25) is 5.91 Å². The number of pyridine rings is 1. The average molecular weight is 409 g/mol. The average Bonchev–Trinajstić information content (AvgIpc) is 2.80. The second kappa shape index (κ2) is 9.37. The van der Waals surface area contributed by atoms with E-state index < -0.39 is 0 Å². The van der Waals surface area contributed by atoms with Gasteiger partial charge in [0.05, 0.1) is 12.8 Å². The SMILES string of the molecule is COc1ccccc1N1CCCC(NC(=O)C2CCN(c3ccc(C)cn3)CC2)C1. The molecule has 1 aromatic carbocycles. The number of para-hydroxylation sites is 2. The highest BCUT2D eigenvalue weighted by Crippen LogP contribution is 2.30. The molecule has 1 aromatic heterocycles. The van der Waals surface area contributed by atoms with Crippen molar-refractivity contribution in [3.8, 4) is 5.75 Å². The molecule has 0 aliphatic carbocycles. The first-order chi connectivity index (χ1) is 14.6. The smallest absolute Gasteiger partial charge is 0.223 e. The first kappa shape index (κ1) is 20.5. The van der Waals surface area contributed by atoms with Gasteiger partial charge >= 0.3 is 0 Å². The number of rotatable bonds is 5. The molecule has 1 amide bonds. The summed E-state index contributed by atoms with van der Waals surface area (Å²) in [5.41, 5.74) is 2.28. The minimum absolute atomic E-state index is 0.0911. The lowest BCUT2D eigenvalue weighted by atomic mass is 9.94. The van der Waals surface area contributed by atoms with E-state index in [0.717, 1.165) is 69.1 Å². The molecule has 3 heterocycles. The van der Waals surface area contributed by atoms with Crippen molar-refractivity contribution in [3.05, 3.63) is 48.2 Å². The molecule has 160 valence electrons. The number of methoxy groups -OCH3 is 1. The lowest BCUT2D eigenvalue weighted by Crippen LogP contribution is -2.50. The highest BCUT2D eigenvalue weighted by atomic mass is 16.5. The summed E-state index contributed by atoms with van der Waals surface area (Å²) in [6, 6.07) is 12.5. The van der Waals surface area contributed by atoms with Crippen molar-refractivity contribution < 1.29 is 9.53 Å². The summed E-state index contributed by atoms with van der Waals surface area (Å²) in [6.07, 6.45) is 5.77. The van der Waals surface area contributed by atoms with E-state index in [0.29, 0.717) is 0 Å². The summed E-state index contributed by atoms with van der Waals surface area (Å²) in [6.45, 7) is 5.64. The third-order valence-corrected chi connectivity index (χ3v) is 6.28. The normalized spacial score (nSPS) is 20.1. The lowest BCUT2D eigenvalue weighted by Gasteiger charge is -2.37. The second-order valence-electron chi connectivity index (χ2n) is 8.42. The molecule has 2 aliphatic rings. The second-order valence-corrected chi connectivity index (χ2v) is 8.42. The molecule has 2 saturated heterocycles. The van der Waals surface area contributed by atoms with Gasteiger partial charge in [-0.2, -0.15) is 0 Å². The van der Waals surface area contributed by atoms with Crippen LogP contribution in [0.4, 0.5) is 11.5 Å². The molecular formula is C24H32N4O2. The van der Waals surface area contributed by atoms with Crippen LogP contribution in [-0.2, 0) is 4.79 Å². The van der Waals surface area contributed by atoms with E-state index in [2.05, 4.69) is 38.3 Å². The predicted molar refractivity (Wildman–Crippen MR) is 120 cm³/mol. The van der Waals surface area contributed by atoms with Crippen molar-refractivity contribution in [1.82, 2.24) is 10.3 Å². The van der Waals surface area contributed by atoms with Gasteiger partial charge in [0, 0.05) is 44.3 Å². The Bertz CT molecular complexity index is 847. The molecule has 2 aromatic rings. The van der Waals surface area contributed by atoms with Crippen molar-refractivity contribution in [2.45, 2.75) is 38.6 Å². The predicted octanol–water partition coefficient (Wildman–Crippen LogP) is 3.40. The van der Waals surface area contributed by atoms with Crippen LogP contribution in [0, 0.1) is 12.8 Å². The van der Waals surface area contributed by atoms with Gasteiger partial charge in [0.1, 0.15) is 11.6 Å². The Kier molecular flexibility index (Phi) is 6.41. The largest absolute Gasteiger partial charge is 0.495 e. The zero-order valence-electron chi connectivity index (χ0n) is 18.0. The molecule has 4 rings (SSSR count). The molecule has 2 aliphatic heterocycles. The Labute approximate surface area is 179 Å². The fourth-order valence-corrected chi connectivity index (χ4v) is 4.54. The minimum Gasteiger partial charge on any atom is -0.495 e. The molecule has 6 nitrogen and oxygen atoms in total. The molecule has 2 fully saturated rings. The van der Waals surface area contributed by atoms with Crippen molar-refractivity contribution in [2.75, 3.05) is 43.1 Å². The van der Waals surface area contributed by atoms with Gasteiger partial charge in [0.25, 0.3) is 0 Å². The van der Waals surface area contributed by atoms with Gasteiger partial charge in [-0.05, 0) is 56.4 Å². The number of carbonyl (C=O) groups is 1. The maximum absolute atomic E-state index is 12.9. The van der Waals surface area contributed by atoms with Gasteiger partial charge in [-0.15, -0.1) is 0 Å². The number of hydrogen-bond acceptors (Lipinski definition) is 5. The molecule has 1 atom stereocenters. The van der Waals surface area contributed by atoms with Crippen molar-refractivity contribution in [2.24, 2.45) is 5.92 Å². The zero-order valence-corrected chi connectivity index (χ0v) is 18.0. The monoisotopic (exact) mass is 408 g/mol. The van der Waals surface area contributed by atoms with Crippen molar-refractivity contribution >= 4 is 17.4 Å². The first-order valence-electron chi connectivity index (χ1n) is 11.0. The summed E-state index contributed by atoms with van der Waals surface area (Å²) in [4.78, 5) is 22.1. The van der Waals surface area contributed by atoms with E-state index in [1.54, 1.807) is 7.11 Å². The zero-order chi connectivity index (χ0) is 20.9. The Hall–Kier alpha value is -2.76. The maximum atomic E-state index is 12.9. The van der Waals surface area contributed by atoms with Gasteiger partial charge in [0.15, 0.2) is 0 Å². The van der Waals surface area contributed by atoms with Gasteiger partial charge in [-0.1, -0.05) is 18.2 Å². The number of hydrogen-bond donors (Lipinski definition) is 1. The van der Waals surface area contributed by atoms with Crippen LogP contribution in [0.25, 0.3) is 0 Å². The number of aromatic nitrogens is 1. The third kappa shape index (κ3) is 4.69. The minimum atomic E-state index is 0.0911. The lowest BCUT2D eigenvalue weighted by molar-refractivity contribution is -0.126. The molecule has 0 radical (unpaired) electrons. The van der Waals surface area contributed by atoms with Crippen LogP contribution < -0.4 is 19.9 Å². The van der Waals surface area contributed by atoms with E-state index in [9.17, 15) is 4.79 Å². The number of ether oxygens (including phenoxy) is 1. The number of piperidine rings is 2. The Morgan fingerprint density at radius 3 is 2.60 bits per heavy atom. The van der Waals surface area contributed by atoms with E-state index in [1.807, 2.05) is 31.3 Å². The first-order valence-corrected chi connectivity index (χ1v) is 11.0. The highest BCUT2D eigenvalue weighted by molar-refractivity contribution is 5.79. The van der Waals surface area contributed by atoms with Crippen LogP contribution in [-0.4, -0.2) is 50.2 Å². The molecule has 30 heavy (non-hydrogen) atoms. The van der Waals surface area contributed by atoms with Crippen LogP contribution in [0.1, 0.15) is 31.2 Å². The number of anilines is 2. The van der Waals surface area contributed by atoms with Crippen LogP contribution in [0.3, 0.4) is 0 Å². The third-order valence-electron chi connectivity index (χ3n) is 6.28. The van der Waals surface area contributed by atoms with Crippen molar-refractivity contribution in [1.29, 1.82) is 0 Å². The highest BCUT2D eigenvalue weighted by Gasteiger charge is 2.29. The van der Waals surface area contributed by atoms with Crippen LogP contribution in [0.2, 0.25) is 0 Å². The van der Waals surface area contributed by atoms with E-state index in [-0.39, 0.29) is 17.9 Å². The molecule has 0 spiro atoms. The summed E-state index contributed by atoms with van der Waals surface area (Å²) in [5.74, 6) is 2.20. The van der Waals surface area contributed by atoms with Gasteiger partial charge in [-0.25, -0.2) is 4.98 Å². The van der Waals surface area contributed by atoms with E-state index in [1.165, 1.54) is 5.56 Å². The summed E-state index contributed by atoms with van der Waals surface area (Å²) >= 11 is 0. The molecule has 0 bridgehead atoms. The molecule has 0 saturated carbocycles. The summed E-state index contributed by atoms with van der Waals surface area (Å²) < 4.78 is 5.52. The van der Waals surface area contributed by atoms with Crippen LogP contribution >= 0.6 is 0 Å². The Balaban J connectivity index is 1.30. The molecular weight excluding hydrogens is 376 g/mol. The van der Waals surface area contributed by atoms with E-state index in [4.69, 9.17) is 4.74 Å². The topological polar surface area (TPSA) is 57.7 Å². The van der Waals surface area contributed by atoms with Gasteiger partial charge in [-0.3, -0.25) is 4.79 Å². The Morgan fingerprint density at radius 1 is 1.07 bits per heavy atom. The number of nitrogens with zero attached hydrogens (tertiary/aromatic N) is 3. The summed E-state index contributed by atoms with van der Waals surface area (Å²) in [5, 5.41) is 3.33. The number of benzene rings is 1. The number of carbonyl (C=O) groups excluding carboxylic acids is 1. The fourth-order valence-electron chi connectivity index (χ4n) is 4.54. The maximum Gasteiger partial charge on any atom is 0.223 e. The molecule has 6 heteroatoms.